The number of esters is 1. The van der Waals surface area contributed by atoms with Crippen LogP contribution in [0.5, 0.6) is 0 Å². The monoisotopic (exact) mass is 468 g/mol. The molecule has 3 atom stereocenters. The lowest BCUT2D eigenvalue weighted by Crippen LogP contribution is -3.13. The second-order valence-corrected chi connectivity index (χ2v) is 7.35. The fourth-order valence-electron chi connectivity index (χ4n) is 2.72. The Morgan fingerprint density at radius 1 is 1.21 bits per heavy atom. The van der Waals surface area contributed by atoms with Gasteiger partial charge in [-0.3, -0.25) is 4.79 Å². The number of nitrogens with zero attached hydrogens (tertiary/aromatic N) is 1. The molecule has 1 aromatic rings. The zero-order chi connectivity index (χ0) is 24.8. The number of nitrogens with one attached hydrogen (secondary N) is 4. The van der Waals surface area contributed by atoms with E-state index in [0.717, 1.165) is 5.56 Å². The van der Waals surface area contributed by atoms with Gasteiger partial charge in [0, 0.05) is 6.54 Å². The molecule has 33 heavy (non-hydrogen) atoms. The van der Waals surface area contributed by atoms with Crippen LogP contribution < -0.4 is 27.1 Å². The molecule has 0 saturated carbocycles. The summed E-state index contributed by atoms with van der Waals surface area (Å²) in [6, 6.07) is 7.14. The summed E-state index contributed by atoms with van der Waals surface area (Å²) in [5.41, 5.74) is 8.08. The van der Waals surface area contributed by atoms with E-state index in [1.54, 1.807) is 26.0 Å². The Bertz CT molecular complexity index is 788. The van der Waals surface area contributed by atoms with Crippen LogP contribution in [0.1, 0.15) is 32.3 Å². The Labute approximate surface area is 191 Å². The number of benzene rings is 1. The molecule has 0 radical (unpaired) electrons. The third-order valence-corrected chi connectivity index (χ3v) is 4.41. The first-order valence-electron chi connectivity index (χ1n) is 10.3. The van der Waals surface area contributed by atoms with E-state index >= 15 is 0 Å². The highest BCUT2D eigenvalue weighted by molar-refractivity contribution is 5.89. The number of hydrogen-bond acceptors (Lipinski definition) is 8. The van der Waals surface area contributed by atoms with E-state index in [9.17, 15) is 19.6 Å². The number of nitrogens with two attached hydrogens (primary N) is 1. The summed E-state index contributed by atoms with van der Waals surface area (Å²) in [5.74, 6) is -1.82. The van der Waals surface area contributed by atoms with Gasteiger partial charge in [-0.1, -0.05) is 44.2 Å². The number of carbonyl (C=O) groups excluding carboxylic acids is 3. The molecule has 0 aliphatic rings. The van der Waals surface area contributed by atoms with Crippen LogP contribution in [0.2, 0.25) is 0 Å². The predicted octanol–water partition coefficient (Wildman–Crippen LogP) is -1.03. The maximum atomic E-state index is 12.8. The average molecular weight is 469 g/mol. The van der Waals surface area contributed by atoms with Gasteiger partial charge in [0.25, 0.3) is 0 Å². The van der Waals surface area contributed by atoms with Gasteiger partial charge in [0.05, 0.1) is 7.11 Å². The van der Waals surface area contributed by atoms with Crippen molar-refractivity contribution >= 4 is 23.9 Å². The fraction of sp³-hybridized carbons (Fsp3) is 0.500. The van der Waals surface area contributed by atoms with Gasteiger partial charge in [-0.05, 0) is 24.3 Å². The summed E-state index contributed by atoms with van der Waals surface area (Å²) in [4.78, 5) is 40.9. The van der Waals surface area contributed by atoms with Crippen LogP contribution in [0, 0.1) is 11.1 Å². The summed E-state index contributed by atoms with van der Waals surface area (Å²) >= 11 is 0. The van der Waals surface area contributed by atoms with E-state index in [2.05, 4.69) is 15.6 Å². The maximum absolute atomic E-state index is 12.8. The second-order valence-electron chi connectivity index (χ2n) is 7.35. The molecular formula is C20H32N6O7. The van der Waals surface area contributed by atoms with Crippen molar-refractivity contribution in [2.45, 2.75) is 45.4 Å². The molecule has 0 saturated heterocycles. The number of hydrogen-bond donors (Lipinski definition) is 6. The zero-order valence-electron chi connectivity index (χ0n) is 18.9. The second kappa shape index (κ2) is 14.6. The van der Waals surface area contributed by atoms with Crippen LogP contribution >= 0.6 is 0 Å². The number of guanidine groups is 1. The normalized spacial score (nSPS) is 14.1. The van der Waals surface area contributed by atoms with Crippen molar-refractivity contribution in [3.8, 4) is 0 Å². The molecule has 13 nitrogen and oxygen atoms in total. The number of alkyl carbamates (subject to hydrolysis) is 1. The number of rotatable bonds is 12. The van der Waals surface area contributed by atoms with Crippen LogP contribution in [-0.4, -0.2) is 54.9 Å². The molecule has 3 unspecified atom stereocenters. The summed E-state index contributed by atoms with van der Waals surface area (Å²) in [6.45, 7) is 3.64. The number of amides is 2. The lowest BCUT2D eigenvalue weighted by molar-refractivity contribution is -1.08. The largest absolute Gasteiger partial charge is 0.574 e. The Kier molecular flexibility index (Phi) is 12.2. The third kappa shape index (κ3) is 11.1. The molecule has 184 valence electrons. The van der Waals surface area contributed by atoms with Gasteiger partial charge >= 0.3 is 12.1 Å². The third-order valence-electron chi connectivity index (χ3n) is 4.41. The number of carbonyl (C=O) groups is 3. The molecule has 0 aromatic heterocycles. The van der Waals surface area contributed by atoms with Crippen molar-refractivity contribution in [1.82, 2.24) is 16.1 Å². The van der Waals surface area contributed by atoms with Crippen molar-refractivity contribution < 1.29 is 34.4 Å². The van der Waals surface area contributed by atoms with E-state index in [4.69, 9.17) is 20.4 Å². The van der Waals surface area contributed by atoms with E-state index < -0.39 is 35.4 Å². The minimum atomic E-state index is -1.34. The van der Waals surface area contributed by atoms with E-state index in [1.165, 1.54) is 7.11 Å². The Morgan fingerprint density at radius 2 is 1.88 bits per heavy atom. The van der Waals surface area contributed by atoms with Crippen LogP contribution in [0.4, 0.5) is 4.79 Å². The van der Waals surface area contributed by atoms with Gasteiger partial charge in [-0.25, -0.2) is 14.6 Å². The van der Waals surface area contributed by atoms with Gasteiger partial charge in [0.1, 0.15) is 18.7 Å². The zero-order valence-corrected chi connectivity index (χ0v) is 18.9. The lowest BCUT2D eigenvalue weighted by Gasteiger charge is -2.24. The SMILES string of the molecule is COC(=O)C(CCCN=C(N)N[NH+]([O-])O)NC(=O)C(NC(=O)OCc1ccccc1)C(C)C. The van der Waals surface area contributed by atoms with Crippen molar-refractivity contribution in [2.24, 2.45) is 16.6 Å². The number of quaternary nitrogens is 1. The predicted molar refractivity (Wildman–Crippen MR) is 117 cm³/mol. The molecule has 1 aromatic carbocycles. The summed E-state index contributed by atoms with van der Waals surface area (Å²) in [6.07, 6.45) is -0.301. The molecule has 13 heteroatoms. The standard InChI is InChI=1S/C20H32N6O7/c1-13(2)16(24-20(29)33-12-14-8-5-4-6-9-14)17(27)23-15(18(28)32-3)10-7-11-22-19(21)25-26(30)31/h4-6,8-9,13,15-16,26,30H,7,10-12H2,1-3H3,(H,23,27)(H,24,29)(H3,21,22,25). The van der Waals surface area contributed by atoms with E-state index in [1.807, 2.05) is 23.6 Å². The summed E-state index contributed by atoms with van der Waals surface area (Å²) in [5, 5.41) is 22.8. The Hall–Kier alpha value is -3.42. The number of ether oxygens (including phenoxy) is 2. The van der Waals surface area contributed by atoms with Crippen molar-refractivity contribution in [3.05, 3.63) is 41.1 Å². The van der Waals surface area contributed by atoms with Gasteiger partial charge in [-0.15, -0.1) is 5.34 Å². The molecule has 0 spiro atoms. The minimum Gasteiger partial charge on any atom is -0.574 e. The Balaban J connectivity index is 2.65. The van der Waals surface area contributed by atoms with Gasteiger partial charge in [-0.2, -0.15) is 10.6 Å². The van der Waals surface area contributed by atoms with Crippen LogP contribution in [-0.2, 0) is 25.7 Å². The smallest absolute Gasteiger partial charge is 0.408 e. The first-order valence-corrected chi connectivity index (χ1v) is 10.3. The van der Waals surface area contributed by atoms with E-state index in [0.29, 0.717) is 6.42 Å². The highest BCUT2D eigenvalue weighted by Gasteiger charge is 2.29. The molecule has 0 aliphatic heterocycles. The number of aliphatic imine (C=N–C) groups is 1. The van der Waals surface area contributed by atoms with Crippen molar-refractivity contribution in [3.63, 3.8) is 0 Å². The van der Waals surface area contributed by atoms with Gasteiger partial charge < -0.3 is 31.0 Å². The fourth-order valence-corrected chi connectivity index (χ4v) is 2.72. The molecule has 1 rings (SSSR count). The quantitative estimate of drug-likeness (QED) is 0.0731. The van der Waals surface area contributed by atoms with Crippen LogP contribution in [0.3, 0.4) is 0 Å². The molecule has 0 heterocycles. The molecule has 0 bridgehead atoms. The first-order chi connectivity index (χ1) is 15.6. The number of methoxy groups -OCH3 is 1. The van der Waals surface area contributed by atoms with Crippen molar-refractivity contribution in [1.29, 1.82) is 0 Å². The van der Waals surface area contributed by atoms with Crippen LogP contribution in [0.25, 0.3) is 0 Å². The minimum absolute atomic E-state index is 0.0459. The molecule has 7 N–H and O–H groups in total. The topological polar surface area (TPSA) is 192 Å². The molecule has 0 fully saturated rings. The highest BCUT2D eigenvalue weighted by Crippen LogP contribution is 2.07. The highest BCUT2D eigenvalue weighted by atomic mass is 16.8. The molecular weight excluding hydrogens is 436 g/mol. The van der Waals surface area contributed by atoms with E-state index in [-0.39, 0.29) is 31.4 Å². The first kappa shape index (κ1) is 27.6. The molecule has 0 aliphatic carbocycles. The van der Waals surface area contributed by atoms with Crippen molar-refractivity contribution in [2.75, 3.05) is 13.7 Å². The Morgan fingerprint density at radius 3 is 2.45 bits per heavy atom. The lowest BCUT2D eigenvalue weighted by atomic mass is 10.0. The van der Waals surface area contributed by atoms with Crippen LogP contribution in [0.15, 0.2) is 35.3 Å². The van der Waals surface area contributed by atoms with Gasteiger partial charge in [0.2, 0.25) is 11.9 Å². The summed E-state index contributed by atoms with van der Waals surface area (Å²) < 4.78 is 9.90. The molecule has 2 amide bonds. The summed E-state index contributed by atoms with van der Waals surface area (Å²) in [7, 11) is 1.19. The maximum Gasteiger partial charge on any atom is 0.408 e. The average Bonchev–Trinajstić information content (AvgIpc) is 2.77. The van der Waals surface area contributed by atoms with Gasteiger partial charge in [0.15, 0.2) is 0 Å².